The molecule has 4 heterocycles. The summed E-state index contributed by atoms with van der Waals surface area (Å²) >= 11 is 1.45. The van der Waals surface area contributed by atoms with Gasteiger partial charge in [0.1, 0.15) is 4.83 Å². The first-order chi connectivity index (χ1) is 17.5. The fourth-order valence-electron chi connectivity index (χ4n) is 5.38. The lowest BCUT2D eigenvalue weighted by molar-refractivity contribution is 0.177. The van der Waals surface area contributed by atoms with Crippen LogP contribution in [0.4, 0.5) is 0 Å². The highest BCUT2D eigenvalue weighted by Gasteiger charge is 2.32. The Kier molecular flexibility index (Phi) is 6.25. The van der Waals surface area contributed by atoms with Crippen molar-refractivity contribution in [3.05, 3.63) is 93.3 Å². The number of nitrogens with zero attached hydrogens (tertiary/aromatic N) is 4. The van der Waals surface area contributed by atoms with Crippen LogP contribution in [0.5, 0.6) is 0 Å². The first kappa shape index (κ1) is 23.5. The van der Waals surface area contributed by atoms with E-state index in [0.29, 0.717) is 28.1 Å². The van der Waals surface area contributed by atoms with Crippen LogP contribution in [0.3, 0.4) is 0 Å². The molecule has 0 aliphatic carbocycles. The van der Waals surface area contributed by atoms with E-state index in [0.717, 1.165) is 42.9 Å². The summed E-state index contributed by atoms with van der Waals surface area (Å²) in [6.07, 6.45) is 4.05. The largest absolute Gasteiger partial charge is 0.299 e. The Hall–Kier alpha value is -2.85. The van der Waals surface area contributed by atoms with Crippen molar-refractivity contribution in [2.45, 2.75) is 43.3 Å². The molecule has 36 heavy (non-hydrogen) atoms. The van der Waals surface area contributed by atoms with Crippen LogP contribution in [-0.4, -0.2) is 46.8 Å². The summed E-state index contributed by atoms with van der Waals surface area (Å²) in [7, 11) is -3.57. The van der Waals surface area contributed by atoms with Gasteiger partial charge in [0.05, 0.1) is 16.6 Å². The summed E-state index contributed by atoms with van der Waals surface area (Å²) < 4.78 is 29.6. The molecule has 0 amide bonds. The minimum atomic E-state index is -3.57. The van der Waals surface area contributed by atoms with E-state index in [9.17, 15) is 13.2 Å². The highest BCUT2D eigenvalue weighted by molar-refractivity contribution is 7.89. The van der Waals surface area contributed by atoms with E-state index in [1.807, 2.05) is 16.7 Å². The smallest absolute Gasteiger partial charge is 0.262 e. The Bertz CT molecular complexity index is 1540. The maximum atomic E-state index is 13.6. The van der Waals surface area contributed by atoms with Gasteiger partial charge >= 0.3 is 0 Å². The Morgan fingerprint density at radius 3 is 2.36 bits per heavy atom. The van der Waals surface area contributed by atoms with Crippen molar-refractivity contribution in [3.63, 3.8) is 0 Å². The standard InChI is InChI=1S/C27H28N4O3S2/c32-27-25-23-13-16-30(36(33,34)22-9-5-2-6-10-22)18-24(23)35-26(25)28-19-31(27)21-11-14-29(15-12-21)17-20-7-3-1-4-8-20/h1-10,19,21H,11-18H2. The lowest BCUT2D eigenvalue weighted by Gasteiger charge is -2.32. The van der Waals surface area contributed by atoms with Crippen LogP contribution in [0.1, 0.15) is 34.9 Å². The normalized spacial score (nSPS) is 17.9. The average molecular weight is 521 g/mol. The molecule has 0 saturated carbocycles. The molecule has 0 unspecified atom stereocenters. The summed E-state index contributed by atoms with van der Waals surface area (Å²) in [5.41, 5.74) is 2.30. The lowest BCUT2D eigenvalue weighted by Crippen LogP contribution is -2.37. The van der Waals surface area contributed by atoms with E-state index in [1.54, 1.807) is 30.6 Å². The Morgan fingerprint density at radius 1 is 0.944 bits per heavy atom. The molecule has 6 rings (SSSR count). The first-order valence-electron chi connectivity index (χ1n) is 12.3. The van der Waals surface area contributed by atoms with Gasteiger partial charge in [-0.3, -0.25) is 14.3 Å². The van der Waals surface area contributed by atoms with E-state index in [-0.39, 0.29) is 18.1 Å². The maximum absolute atomic E-state index is 13.6. The predicted octanol–water partition coefficient (Wildman–Crippen LogP) is 4.04. The van der Waals surface area contributed by atoms with E-state index in [4.69, 9.17) is 0 Å². The monoisotopic (exact) mass is 520 g/mol. The highest BCUT2D eigenvalue weighted by Crippen LogP contribution is 2.35. The minimum Gasteiger partial charge on any atom is -0.299 e. The van der Waals surface area contributed by atoms with Crippen LogP contribution in [-0.2, 0) is 29.5 Å². The number of hydrogen-bond acceptors (Lipinski definition) is 6. The van der Waals surface area contributed by atoms with Crippen LogP contribution in [0.15, 0.2) is 76.7 Å². The third kappa shape index (κ3) is 4.30. The number of rotatable bonds is 5. The van der Waals surface area contributed by atoms with Crippen molar-refractivity contribution in [2.75, 3.05) is 19.6 Å². The number of likely N-dealkylation sites (tertiary alicyclic amines) is 1. The van der Waals surface area contributed by atoms with E-state index < -0.39 is 10.0 Å². The van der Waals surface area contributed by atoms with Gasteiger partial charge in [-0.05, 0) is 42.5 Å². The molecule has 186 valence electrons. The fraction of sp³-hybridized carbons (Fsp3) is 0.333. The number of fused-ring (bicyclic) bond motifs is 3. The molecule has 4 aromatic rings. The SMILES string of the molecule is O=c1c2c3c(sc2ncn1C1CCN(Cc2ccccc2)CC1)CN(S(=O)(=O)c1ccccc1)CC3. The second-order valence-electron chi connectivity index (χ2n) is 9.54. The first-order valence-corrected chi connectivity index (χ1v) is 14.6. The van der Waals surface area contributed by atoms with Crippen molar-refractivity contribution >= 4 is 31.6 Å². The molecule has 2 aromatic heterocycles. The molecule has 0 radical (unpaired) electrons. The Labute approximate surface area is 214 Å². The summed E-state index contributed by atoms with van der Waals surface area (Å²) in [5.74, 6) is 0. The van der Waals surface area contributed by atoms with Crippen LogP contribution in [0.2, 0.25) is 0 Å². The van der Waals surface area contributed by atoms with Gasteiger partial charge in [-0.15, -0.1) is 11.3 Å². The zero-order valence-corrected chi connectivity index (χ0v) is 21.5. The Morgan fingerprint density at radius 2 is 1.64 bits per heavy atom. The number of benzene rings is 2. The van der Waals surface area contributed by atoms with E-state index in [2.05, 4.69) is 34.1 Å². The molecule has 2 aliphatic rings. The molecular weight excluding hydrogens is 492 g/mol. The van der Waals surface area contributed by atoms with Crippen LogP contribution < -0.4 is 5.56 Å². The second-order valence-corrected chi connectivity index (χ2v) is 12.6. The van der Waals surface area contributed by atoms with E-state index >= 15 is 0 Å². The number of aromatic nitrogens is 2. The van der Waals surface area contributed by atoms with Gasteiger partial charge in [0.15, 0.2) is 0 Å². The lowest BCUT2D eigenvalue weighted by atomic mass is 10.0. The second kappa shape index (κ2) is 9.55. The van der Waals surface area contributed by atoms with E-state index in [1.165, 1.54) is 21.2 Å². The van der Waals surface area contributed by atoms with Crippen LogP contribution in [0, 0.1) is 0 Å². The zero-order chi connectivity index (χ0) is 24.7. The quantitative estimate of drug-likeness (QED) is 0.397. The zero-order valence-electron chi connectivity index (χ0n) is 19.9. The molecule has 1 fully saturated rings. The molecule has 7 nitrogen and oxygen atoms in total. The summed E-state index contributed by atoms with van der Waals surface area (Å²) in [6, 6.07) is 19.2. The molecule has 0 N–H and O–H groups in total. The third-order valence-corrected chi connectivity index (χ3v) is 10.3. The topological polar surface area (TPSA) is 75.5 Å². The van der Waals surface area contributed by atoms with Gasteiger partial charge in [-0.1, -0.05) is 48.5 Å². The van der Waals surface area contributed by atoms with Gasteiger partial charge < -0.3 is 0 Å². The van der Waals surface area contributed by atoms with Crippen LogP contribution in [0.25, 0.3) is 10.2 Å². The third-order valence-electron chi connectivity index (χ3n) is 7.33. The molecule has 2 aromatic carbocycles. The Balaban J connectivity index is 1.22. The summed E-state index contributed by atoms with van der Waals surface area (Å²) in [5, 5.41) is 0.681. The highest BCUT2D eigenvalue weighted by atomic mass is 32.2. The van der Waals surface area contributed by atoms with Crippen molar-refractivity contribution in [2.24, 2.45) is 0 Å². The number of hydrogen-bond donors (Lipinski definition) is 0. The molecule has 0 spiro atoms. The number of sulfonamides is 1. The average Bonchev–Trinajstić information content (AvgIpc) is 3.29. The number of thiophene rings is 1. The van der Waals surface area contributed by atoms with Crippen molar-refractivity contribution in [1.82, 2.24) is 18.8 Å². The van der Waals surface area contributed by atoms with Crippen molar-refractivity contribution < 1.29 is 8.42 Å². The van der Waals surface area contributed by atoms with Gasteiger partial charge in [-0.25, -0.2) is 13.4 Å². The van der Waals surface area contributed by atoms with Crippen molar-refractivity contribution in [3.8, 4) is 0 Å². The fourth-order valence-corrected chi connectivity index (χ4v) is 8.08. The minimum absolute atomic E-state index is 0.0124. The van der Waals surface area contributed by atoms with Gasteiger partial charge in [0, 0.05) is 43.6 Å². The maximum Gasteiger partial charge on any atom is 0.262 e. The molecule has 0 atom stereocenters. The molecule has 1 saturated heterocycles. The van der Waals surface area contributed by atoms with Crippen molar-refractivity contribution in [1.29, 1.82) is 0 Å². The molecule has 2 aliphatic heterocycles. The summed E-state index contributed by atoms with van der Waals surface area (Å²) in [4.78, 5) is 22.6. The van der Waals surface area contributed by atoms with Crippen LogP contribution >= 0.6 is 11.3 Å². The molecular formula is C27H28N4O3S2. The number of piperidine rings is 1. The van der Waals surface area contributed by atoms with Gasteiger partial charge in [-0.2, -0.15) is 4.31 Å². The van der Waals surface area contributed by atoms with Gasteiger partial charge in [0.25, 0.3) is 5.56 Å². The molecule has 0 bridgehead atoms. The molecule has 9 heteroatoms. The summed E-state index contributed by atoms with van der Waals surface area (Å²) in [6.45, 7) is 3.46. The van der Waals surface area contributed by atoms with Gasteiger partial charge in [0.2, 0.25) is 10.0 Å². The predicted molar refractivity (Wildman–Crippen MR) is 142 cm³/mol.